The molecule has 0 fully saturated rings. The first-order valence-electron chi connectivity index (χ1n) is 6.78. The average molecular weight is 308 g/mol. The van der Waals surface area contributed by atoms with E-state index in [0.717, 1.165) is 17.0 Å². The van der Waals surface area contributed by atoms with Crippen LogP contribution in [0, 0.1) is 5.92 Å². The van der Waals surface area contributed by atoms with E-state index in [2.05, 4.69) is 36.5 Å². The third kappa shape index (κ3) is 3.76. The summed E-state index contributed by atoms with van der Waals surface area (Å²) in [4.78, 5) is 0. The minimum Gasteiger partial charge on any atom is -0.313 e. The molecule has 0 amide bonds. The largest absolute Gasteiger partial charge is 0.313 e. The highest BCUT2D eigenvalue weighted by Crippen LogP contribution is 2.28. The molecule has 2 rings (SSSR count). The lowest BCUT2D eigenvalue weighted by molar-refractivity contribution is 0.409. The van der Waals surface area contributed by atoms with Gasteiger partial charge in [0.25, 0.3) is 0 Å². The Morgan fingerprint density at radius 2 is 1.75 bits per heavy atom. The summed E-state index contributed by atoms with van der Waals surface area (Å²) >= 11 is 12.2. The van der Waals surface area contributed by atoms with Crippen LogP contribution in [0.4, 0.5) is 0 Å². The molecule has 1 nitrogen and oxygen atoms in total. The van der Waals surface area contributed by atoms with Gasteiger partial charge in [-0.3, -0.25) is 0 Å². The van der Waals surface area contributed by atoms with Crippen molar-refractivity contribution in [2.45, 2.75) is 19.4 Å². The molecule has 0 radical (unpaired) electrons. The summed E-state index contributed by atoms with van der Waals surface area (Å²) in [5.74, 6) is 0.432. The Labute approximate surface area is 130 Å². The third-order valence-corrected chi connectivity index (χ3v) is 4.18. The fourth-order valence-electron chi connectivity index (χ4n) is 2.59. The summed E-state index contributed by atoms with van der Waals surface area (Å²) in [6.45, 7) is 2.24. The number of hydrogen-bond donors (Lipinski definition) is 1. The summed E-state index contributed by atoms with van der Waals surface area (Å²) in [6.07, 6.45) is 0.913. The van der Waals surface area contributed by atoms with Gasteiger partial charge in [-0.05, 0) is 42.6 Å². The molecule has 106 valence electrons. The Hall–Kier alpha value is -1.02. The van der Waals surface area contributed by atoms with Gasteiger partial charge in [0.15, 0.2) is 0 Å². The summed E-state index contributed by atoms with van der Waals surface area (Å²) in [7, 11) is 2.00. The van der Waals surface area contributed by atoms with Gasteiger partial charge in [-0.15, -0.1) is 0 Å². The molecule has 2 aromatic rings. The molecular formula is C17H19Cl2N. The number of rotatable bonds is 5. The van der Waals surface area contributed by atoms with Crippen molar-refractivity contribution in [2.75, 3.05) is 7.05 Å². The zero-order valence-electron chi connectivity index (χ0n) is 11.7. The van der Waals surface area contributed by atoms with Gasteiger partial charge < -0.3 is 5.32 Å². The van der Waals surface area contributed by atoms with Crippen molar-refractivity contribution in [2.24, 2.45) is 5.92 Å². The summed E-state index contributed by atoms with van der Waals surface area (Å²) in [6, 6.07) is 16.5. The van der Waals surface area contributed by atoms with Crippen molar-refractivity contribution in [1.82, 2.24) is 5.32 Å². The summed E-state index contributed by atoms with van der Waals surface area (Å²) in [5.41, 5.74) is 2.44. The molecule has 0 bridgehead atoms. The van der Waals surface area contributed by atoms with Gasteiger partial charge in [0.05, 0.1) is 0 Å². The monoisotopic (exact) mass is 307 g/mol. The molecular weight excluding hydrogens is 289 g/mol. The molecule has 2 atom stereocenters. The van der Waals surface area contributed by atoms with Crippen molar-refractivity contribution < 1.29 is 0 Å². The predicted molar refractivity (Wildman–Crippen MR) is 87.6 cm³/mol. The first-order valence-corrected chi connectivity index (χ1v) is 7.53. The maximum atomic E-state index is 6.26. The molecule has 0 aliphatic rings. The first-order chi connectivity index (χ1) is 9.61. The molecule has 20 heavy (non-hydrogen) atoms. The van der Waals surface area contributed by atoms with Crippen LogP contribution in [-0.4, -0.2) is 7.05 Å². The van der Waals surface area contributed by atoms with Gasteiger partial charge in [0, 0.05) is 16.1 Å². The Kier molecular flexibility index (Phi) is 5.47. The van der Waals surface area contributed by atoms with Gasteiger partial charge in [-0.2, -0.15) is 0 Å². The van der Waals surface area contributed by atoms with Gasteiger partial charge in [0.2, 0.25) is 0 Å². The number of nitrogens with one attached hydrogen (secondary N) is 1. The second kappa shape index (κ2) is 7.12. The van der Waals surface area contributed by atoms with Crippen LogP contribution in [0.15, 0.2) is 48.5 Å². The third-order valence-electron chi connectivity index (χ3n) is 3.60. The SMILES string of the molecule is CNC(c1ccccc1)C(C)Cc1ccc(Cl)cc1Cl. The zero-order chi connectivity index (χ0) is 14.5. The van der Waals surface area contributed by atoms with E-state index in [1.807, 2.05) is 31.3 Å². The Bertz CT molecular complexity index is 554. The van der Waals surface area contributed by atoms with Crippen LogP contribution in [0.25, 0.3) is 0 Å². The number of halogens is 2. The van der Waals surface area contributed by atoms with E-state index in [1.54, 1.807) is 0 Å². The molecule has 0 spiro atoms. The molecule has 1 N–H and O–H groups in total. The normalized spacial score (nSPS) is 14.0. The van der Waals surface area contributed by atoms with Gasteiger partial charge in [0.1, 0.15) is 0 Å². The number of benzene rings is 2. The topological polar surface area (TPSA) is 12.0 Å². The quantitative estimate of drug-likeness (QED) is 0.807. The van der Waals surface area contributed by atoms with Crippen LogP contribution in [0.3, 0.4) is 0 Å². The number of hydrogen-bond acceptors (Lipinski definition) is 1. The van der Waals surface area contributed by atoms with Crippen molar-refractivity contribution >= 4 is 23.2 Å². The van der Waals surface area contributed by atoms with E-state index in [-0.39, 0.29) is 0 Å². The lowest BCUT2D eigenvalue weighted by Gasteiger charge is -2.24. The fourth-order valence-corrected chi connectivity index (χ4v) is 3.08. The van der Waals surface area contributed by atoms with Crippen LogP contribution in [-0.2, 0) is 6.42 Å². The fraction of sp³-hybridized carbons (Fsp3) is 0.294. The summed E-state index contributed by atoms with van der Waals surface area (Å²) in [5, 5.41) is 4.82. The molecule has 0 saturated carbocycles. The highest BCUT2D eigenvalue weighted by atomic mass is 35.5. The van der Waals surface area contributed by atoms with E-state index in [1.165, 1.54) is 5.56 Å². The second-order valence-electron chi connectivity index (χ2n) is 5.09. The van der Waals surface area contributed by atoms with E-state index < -0.39 is 0 Å². The first kappa shape index (κ1) is 15.4. The highest BCUT2D eigenvalue weighted by Gasteiger charge is 2.18. The van der Waals surface area contributed by atoms with Crippen LogP contribution in [0.5, 0.6) is 0 Å². The van der Waals surface area contributed by atoms with E-state index in [0.29, 0.717) is 17.0 Å². The maximum Gasteiger partial charge on any atom is 0.0452 e. The second-order valence-corrected chi connectivity index (χ2v) is 5.94. The van der Waals surface area contributed by atoms with Crippen molar-refractivity contribution in [3.8, 4) is 0 Å². The van der Waals surface area contributed by atoms with Crippen LogP contribution < -0.4 is 5.32 Å². The lowest BCUT2D eigenvalue weighted by atomic mass is 9.89. The average Bonchev–Trinajstić information content (AvgIpc) is 2.44. The maximum absolute atomic E-state index is 6.26. The minimum absolute atomic E-state index is 0.308. The molecule has 0 aliphatic carbocycles. The molecule has 0 aromatic heterocycles. The molecule has 0 aliphatic heterocycles. The molecule has 0 saturated heterocycles. The van der Waals surface area contributed by atoms with Crippen LogP contribution >= 0.6 is 23.2 Å². The molecule has 0 heterocycles. The summed E-state index contributed by atoms with van der Waals surface area (Å²) < 4.78 is 0. The van der Waals surface area contributed by atoms with Crippen LogP contribution in [0.1, 0.15) is 24.1 Å². The molecule has 2 unspecified atom stereocenters. The predicted octanol–water partition coefficient (Wildman–Crippen LogP) is 5.13. The highest BCUT2D eigenvalue weighted by molar-refractivity contribution is 6.35. The van der Waals surface area contributed by atoms with Crippen molar-refractivity contribution in [3.05, 3.63) is 69.7 Å². The lowest BCUT2D eigenvalue weighted by Crippen LogP contribution is -2.24. The molecule has 2 aromatic carbocycles. The van der Waals surface area contributed by atoms with Crippen molar-refractivity contribution in [3.63, 3.8) is 0 Å². The minimum atomic E-state index is 0.308. The van der Waals surface area contributed by atoms with Gasteiger partial charge >= 0.3 is 0 Å². The van der Waals surface area contributed by atoms with E-state index in [9.17, 15) is 0 Å². The van der Waals surface area contributed by atoms with Gasteiger partial charge in [-0.25, -0.2) is 0 Å². The standard InChI is InChI=1S/C17H19Cl2N/c1-12(10-14-8-9-15(18)11-16(14)19)17(20-2)13-6-4-3-5-7-13/h3-9,11-12,17,20H,10H2,1-2H3. The van der Waals surface area contributed by atoms with E-state index >= 15 is 0 Å². The Morgan fingerprint density at radius 3 is 2.35 bits per heavy atom. The van der Waals surface area contributed by atoms with Crippen molar-refractivity contribution in [1.29, 1.82) is 0 Å². The Balaban J connectivity index is 2.15. The Morgan fingerprint density at radius 1 is 1.05 bits per heavy atom. The molecule has 3 heteroatoms. The van der Waals surface area contributed by atoms with Crippen LogP contribution in [0.2, 0.25) is 10.0 Å². The van der Waals surface area contributed by atoms with E-state index in [4.69, 9.17) is 23.2 Å². The smallest absolute Gasteiger partial charge is 0.0452 e. The zero-order valence-corrected chi connectivity index (χ0v) is 13.2. The van der Waals surface area contributed by atoms with Gasteiger partial charge in [-0.1, -0.05) is 66.5 Å².